The lowest BCUT2D eigenvalue weighted by atomic mass is 9.95. The highest BCUT2D eigenvalue weighted by Crippen LogP contribution is 2.25. The van der Waals surface area contributed by atoms with Crippen molar-refractivity contribution in [1.82, 2.24) is 0 Å². The standard InChI is InChI=1S/C21H18.C2H6/c1-17-12-14-18(15-13-17)16-21(19-8-4-2-5-9-19)20-10-6-3-7-11-20;1-2/h2-16H,1H3;1-2H3. The van der Waals surface area contributed by atoms with Crippen LogP contribution in [0.1, 0.15) is 36.1 Å². The van der Waals surface area contributed by atoms with Crippen molar-refractivity contribution < 1.29 is 0 Å². The van der Waals surface area contributed by atoms with Crippen LogP contribution in [0.15, 0.2) is 84.9 Å². The summed E-state index contributed by atoms with van der Waals surface area (Å²) in [6, 6.07) is 29.7. The molecule has 0 N–H and O–H groups in total. The van der Waals surface area contributed by atoms with Gasteiger partial charge in [-0.05, 0) is 35.3 Å². The van der Waals surface area contributed by atoms with Gasteiger partial charge in [0.2, 0.25) is 0 Å². The van der Waals surface area contributed by atoms with E-state index in [9.17, 15) is 0 Å². The molecule has 0 fully saturated rings. The Morgan fingerprint density at radius 1 is 0.609 bits per heavy atom. The molecule has 0 amide bonds. The summed E-state index contributed by atoms with van der Waals surface area (Å²) in [6.07, 6.45) is 2.25. The van der Waals surface area contributed by atoms with Crippen molar-refractivity contribution in [3.63, 3.8) is 0 Å². The molecule has 0 nitrogen and oxygen atoms in total. The predicted octanol–water partition coefficient (Wildman–Crippen LogP) is 6.61. The van der Waals surface area contributed by atoms with E-state index in [4.69, 9.17) is 0 Å². The number of hydrogen-bond acceptors (Lipinski definition) is 0. The first-order chi connectivity index (χ1) is 11.3. The molecule has 0 heterocycles. The summed E-state index contributed by atoms with van der Waals surface area (Å²) in [5.74, 6) is 0. The summed E-state index contributed by atoms with van der Waals surface area (Å²) in [6.45, 7) is 6.11. The van der Waals surface area contributed by atoms with Gasteiger partial charge in [0.15, 0.2) is 0 Å². The van der Waals surface area contributed by atoms with E-state index >= 15 is 0 Å². The molecule has 0 unspecified atom stereocenters. The molecule has 0 aliphatic heterocycles. The van der Waals surface area contributed by atoms with Gasteiger partial charge in [-0.15, -0.1) is 0 Å². The molecular formula is C23H24. The number of hydrogen-bond donors (Lipinski definition) is 0. The van der Waals surface area contributed by atoms with Gasteiger partial charge in [-0.2, -0.15) is 0 Å². The number of rotatable bonds is 3. The third-order valence-electron chi connectivity index (χ3n) is 3.56. The molecule has 0 aromatic heterocycles. The van der Waals surface area contributed by atoms with Gasteiger partial charge in [0.05, 0.1) is 0 Å². The van der Waals surface area contributed by atoms with Crippen LogP contribution < -0.4 is 0 Å². The molecule has 3 aromatic carbocycles. The molecule has 0 bridgehead atoms. The third-order valence-corrected chi connectivity index (χ3v) is 3.56. The van der Waals surface area contributed by atoms with Gasteiger partial charge >= 0.3 is 0 Å². The minimum atomic E-state index is 1.23. The molecule has 0 spiro atoms. The highest BCUT2D eigenvalue weighted by Gasteiger charge is 2.04. The van der Waals surface area contributed by atoms with E-state index in [0.29, 0.717) is 0 Å². The number of benzene rings is 3. The summed E-state index contributed by atoms with van der Waals surface area (Å²) in [5, 5.41) is 0. The van der Waals surface area contributed by atoms with Crippen molar-refractivity contribution in [2.45, 2.75) is 20.8 Å². The van der Waals surface area contributed by atoms with E-state index in [0.717, 1.165) is 0 Å². The van der Waals surface area contributed by atoms with E-state index in [1.54, 1.807) is 0 Å². The van der Waals surface area contributed by atoms with E-state index in [1.807, 2.05) is 13.8 Å². The lowest BCUT2D eigenvalue weighted by Gasteiger charge is -2.09. The summed E-state index contributed by atoms with van der Waals surface area (Å²) in [5.41, 5.74) is 6.24. The average molecular weight is 300 g/mol. The molecule has 0 aliphatic carbocycles. The zero-order valence-corrected chi connectivity index (χ0v) is 14.2. The Labute approximate surface area is 140 Å². The van der Waals surface area contributed by atoms with Crippen molar-refractivity contribution in [1.29, 1.82) is 0 Å². The second-order valence-electron chi connectivity index (χ2n) is 5.20. The van der Waals surface area contributed by atoms with Crippen LogP contribution in [0, 0.1) is 6.92 Å². The molecule has 0 atom stereocenters. The quantitative estimate of drug-likeness (QED) is 0.477. The number of aryl methyl sites for hydroxylation is 1. The fourth-order valence-electron chi connectivity index (χ4n) is 2.40. The van der Waals surface area contributed by atoms with Gasteiger partial charge < -0.3 is 0 Å². The fourth-order valence-corrected chi connectivity index (χ4v) is 2.40. The second-order valence-corrected chi connectivity index (χ2v) is 5.20. The van der Waals surface area contributed by atoms with Crippen LogP contribution in [0.4, 0.5) is 0 Å². The predicted molar refractivity (Wildman–Crippen MR) is 102 cm³/mol. The van der Waals surface area contributed by atoms with Crippen LogP contribution >= 0.6 is 0 Å². The smallest absolute Gasteiger partial charge is 0.0105 e. The maximum Gasteiger partial charge on any atom is -0.0105 e. The molecule has 3 rings (SSSR count). The normalized spacial score (nSPS) is 9.52. The highest BCUT2D eigenvalue weighted by atomic mass is 14.1. The van der Waals surface area contributed by atoms with Crippen LogP contribution in [-0.2, 0) is 0 Å². The van der Waals surface area contributed by atoms with Crippen molar-refractivity contribution in [2.75, 3.05) is 0 Å². The molecule has 0 aliphatic rings. The van der Waals surface area contributed by atoms with Gasteiger partial charge in [-0.1, -0.05) is 104 Å². The average Bonchev–Trinajstić information content (AvgIpc) is 2.64. The first-order valence-electron chi connectivity index (χ1n) is 8.22. The molecule has 0 heteroatoms. The van der Waals surface area contributed by atoms with E-state index in [1.165, 1.54) is 27.8 Å². The summed E-state index contributed by atoms with van der Waals surface area (Å²) in [4.78, 5) is 0. The Morgan fingerprint density at radius 3 is 1.48 bits per heavy atom. The Bertz CT molecular complexity index is 679. The van der Waals surface area contributed by atoms with Gasteiger partial charge in [0.25, 0.3) is 0 Å². The van der Waals surface area contributed by atoms with Gasteiger partial charge in [0.1, 0.15) is 0 Å². The minimum Gasteiger partial charge on any atom is -0.0683 e. The van der Waals surface area contributed by atoms with Crippen molar-refractivity contribution in [3.05, 3.63) is 107 Å². The summed E-state index contributed by atoms with van der Waals surface area (Å²) >= 11 is 0. The molecular weight excluding hydrogens is 276 g/mol. The lowest BCUT2D eigenvalue weighted by Crippen LogP contribution is -1.88. The van der Waals surface area contributed by atoms with Gasteiger partial charge in [0, 0.05) is 0 Å². The molecule has 116 valence electrons. The molecule has 0 saturated carbocycles. The monoisotopic (exact) mass is 300 g/mol. The SMILES string of the molecule is CC.Cc1ccc(C=C(c2ccccc2)c2ccccc2)cc1. The molecule has 0 radical (unpaired) electrons. The first-order valence-corrected chi connectivity index (χ1v) is 8.22. The zero-order valence-electron chi connectivity index (χ0n) is 14.2. The fraction of sp³-hybridized carbons (Fsp3) is 0.130. The lowest BCUT2D eigenvalue weighted by molar-refractivity contribution is 1.46. The summed E-state index contributed by atoms with van der Waals surface area (Å²) in [7, 11) is 0. The van der Waals surface area contributed by atoms with Gasteiger partial charge in [-0.25, -0.2) is 0 Å². The molecule has 23 heavy (non-hydrogen) atoms. The van der Waals surface area contributed by atoms with E-state index < -0.39 is 0 Å². The van der Waals surface area contributed by atoms with Crippen molar-refractivity contribution in [2.24, 2.45) is 0 Å². The molecule has 0 saturated heterocycles. The minimum absolute atomic E-state index is 1.23. The maximum atomic E-state index is 2.25. The zero-order chi connectivity index (χ0) is 16.5. The Morgan fingerprint density at radius 2 is 1.04 bits per heavy atom. The Balaban J connectivity index is 0.000000924. The Kier molecular flexibility index (Phi) is 6.38. The molecule has 3 aromatic rings. The van der Waals surface area contributed by atoms with Crippen LogP contribution in [-0.4, -0.2) is 0 Å². The van der Waals surface area contributed by atoms with Crippen LogP contribution in [0.3, 0.4) is 0 Å². The largest absolute Gasteiger partial charge is 0.0683 e. The van der Waals surface area contributed by atoms with E-state index in [-0.39, 0.29) is 0 Å². The van der Waals surface area contributed by atoms with Crippen molar-refractivity contribution >= 4 is 11.6 Å². The third kappa shape index (κ3) is 4.69. The van der Waals surface area contributed by atoms with E-state index in [2.05, 4.69) is 97.9 Å². The Hall–Kier alpha value is -2.60. The topological polar surface area (TPSA) is 0 Å². The summed E-state index contributed by atoms with van der Waals surface area (Å²) < 4.78 is 0. The first kappa shape index (κ1) is 16.8. The maximum absolute atomic E-state index is 2.25. The second kappa shape index (κ2) is 8.75. The van der Waals surface area contributed by atoms with Gasteiger partial charge in [-0.3, -0.25) is 0 Å². The van der Waals surface area contributed by atoms with Crippen molar-refractivity contribution in [3.8, 4) is 0 Å². The van der Waals surface area contributed by atoms with Crippen LogP contribution in [0.25, 0.3) is 11.6 Å². The highest BCUT2D eigenvalue weighted by molar-refractivity contribution is 5.91. The van der Waals surface area contributed by atoms with Crippen LogP contribution in [0.2, 0.25) is 0 Å². The van der Waals surface area contributed by atoms with Crippen LogP contribution in [0.5, 0.6) is 0 Å².